The Morgan fingerprint density at radius 3 is 2.16 bits per heavy atom. The minimum Gasteiger partial charge on any atom is -0.462 e. The molecule has 4 aromatic carbocycles. The lowest BCUT2D eigenvalue weighted by Gasteiger charge is -2.42. The highest BCUT2D eigenvalue weighted by molar-refractivity contribution is 7.23. The first-order valence-electron chi connectivity index (χ1n) is 32.2. The molecule has 5 amide bonds. The molecule has 4 saturated heterocycles. The van der Waals surface area contributed by atoms with Gasteiger partial charge in [0.1, 0.15) is 75.6 Å². The summed E-state index contributed by atoms with van der Waals surface area (Å²) in [6.07, 6.45) is 1.13. The summed E-state index contributed by atoms with van der Waals surface area (Å²) in [6, 6.07) is 9.72. The molecule has 4 aliphatic rings. The number of nitriles is 1. The standard InChI is InChI=1S/C69H80ClF5N10O10S/c1-36(37-14-16-38(17-15-37)53-49(73)27-39(71)28-50(53)74)77-61(88)51-29-43(86)34-84(51)63(89)59(67(2,3)4)78-52(87)22-26-92-25-12-24-82-23-11-13-42(82)35-93-64-79-57-45(60(80-64)83-32-40-18-19-41(33-83)85(40)66(91)95-69(8,9)10)30-47(70)55(56(57)75)44-20-21-48(72)58-54(44)46(31-76)62(96-58)81-65(90)94-68(5,6)7/h14-17,20-21,27-28,30,36,40-43,51,59,86H,11-13,18-19,22-26,29,32-35H2,1-10H3,(H,77,88)(H,78,87)(H,81,90)/t36-,40?,41?,42?,43+,51-,59+/m0/s1. The van der Waals surface area contributed by atoms with Crippen LogP contribution >= 0.6 is 22.9 Å². The second-order valence-corrected chi connectivity index (χ2v) is 29.4. The first-order chi connectivity index (χ1) is 45.3. The number of likely N-dealkylation sites (tertiary alicyclic amines) is 2. The summed E-state index contributed by atoms with van der Waals surface area (Å²) in [5, 5.41) is 29.7. The molecule has 6 heterocycles. The number of rotatable bonds is 19. The lowest BCUT2D eigenvalue weighted by Crippen LogP contribution is -2.58. The number of ether oxygens (including phenoxy) is 4. The van der Waals surface area contributed by atoms with E-state index in [0.29, 0.717) is 69.0 Å². The number of benzene rings is 4. The molecule has 0 aliphatic carbocycles. The largest absolute Gasteiger partial charge is 0.462 e. The number of halogens is 6. The number of anilines is 2. The van der Waals surface area contributed by atoms with E-state index in [9.17, 15) is 47.5 Å². The molecule has 6 aromatic rings. The molecular weight excluding hydrogens is 1290 g/mol. The van der Waals surface area contributed by atoms with Crippen molar-refractivity contribution in [2.75, 3.05) is 62.8 Å². The molecule has 2 bridgehead atoms. The molecule has 514 valence electrons. The fourth-order valence-corrected chi connectivity index (χ4v) is 14.4. The number of amides is 5. The Balaban J connectivity index is 0.782. The van der Waals surface area contributed by atoms with Gasteiger partial charge in [0.05, 0.1) is 51.7 Å². The first kappa shape index (κ1) is 70.8. The summed E-state index contributed by atoms with van der Waals surface area (Å²) < 4.78 is 99.8. The van der Waals surface area contributed by atoms with Crippen molar-refractivity contribution in [2.24, 2.45) is 5.41 Å². The number of carbonyl (C=O) groups is 5. The van der Waals surface area contributed by atoms with Gasteiger partial charge in [0.2, 0.25) is 17.7 Å². The number of nitrogens with one attached hydrogen (secondary N) is 3. The van der Waals surface area contributed by atoms with Crippen LogP contribution in [0.2, 0.25) is 5.02 Å². The molecule has 20 nitrogen and oxygen atoms in total. The fraction of sp³-hybridized carbons (Fsp3) is 0.507. The molecule has 10 rings (SSSR count). The van der Waals surface area contributed by atoms with Gasteiger partial charge in [0.25, 0.3) is 0 Å². The number of nitrogens with zero attached hydrogens (tertiary/aromatic N) is 7. The van der Waals surface area contributed by atoms with Crippen LogP contribution in [-0.2, 0) is 28.6 Å². The third-order valence-electron chi connectivity index (χ3n) is 17.5. The number of hydrogen-bond acceptors (Lipinski definition) is 16. The van der Waals surface area contributed by atoms with E-state index in [1.807, 2.05) is 25.7 Å². The topological polar surface area (TPSA) is 241 Å². The fourth-order valence-electron chi connectivity index (χ4n) is 13.1. The lowest BCUT2D eigenvalue weighted by atomic mass is 9.85. The third kappa shape index (κ3) is 15.9. The highest BCUT2D eigenvalue weighted by Crippen LogP contribution is 2.47. The zero-order valence-electron chi connectivity index (χ0n) is 55.3. The highest BCUT2D eigenvalue weighted by Gasteiger charge is 2.47. The van der Waals surface area contributed by atoms with Gasteiger partial charge in [-0.25, -0.2) is 31.5 Å². The van der Waals surface area contributed by atoms with Crippen LogP contribution in [0, 0.1) is 45.8 Å². The molecule has 7 atom stereocenters. The van der Waals surface area contributed by atoms with E-state index in [2.05, 4.69) is 31.9 Å². The van der Waals surface area contributed by atoms with Gasteiger partial charge >= 0.3 is 18.2 Å². The molecule has 3 unspecified atom stereocenters. The number of hydrogen-bond donors (Lipinski definition) is 4. The molecule has 96 heavy (non-hydrogen) atoms. The predicted octanol–water partition coefficient (Wildman–Crippen LogP) is 12.3. The number of piperazine rings is 1. The van der Waals surface area contributed by atoms with Crippen LogP contribution in [-0.4, -0.2) is 160 Å². The SMILES string of the molecule is C[C@H](NC(=O)[C@@H]1C[C@@H](O)CN1C(=O)[C@@H](NC(=O)CCOCCCN1CCCC1COc1nc(N2CC3CCC(C2)N3C(=O)OC(C)(C)C)c2cc(Cl)c(-c3ccc(F)c4sc(NC(=O)OC(C)(C)C)c(C#N)c34)c(F)c2n1)C(C)(C)C)c1ccc(-c2c(F)cc(F)cc2F)cc1. The summed E-state index contributed by atoms with van der Waals surface area (Å²) in [7, 11) is 0. The molecule has 2 aromatic heterocycles. The van der Waals surface area contributed by atoms with Gasteiger partial charge in [-0.2, -0.15) is 15.2 Å². The number of thiophene rings is 1. The van der Waals surface area contributed by atoms with Gasteiger partial charge in [-0.3, -0.25) is 29.5 Å². The van der Waals surface area contributed by atoms with E-state index < -0.39 is 105 Å². The zero-order valence-corrected chi connectivity index (χ0v) is 56.8. The van der Waals surface area contributed by atoms with Crippen LogP contribution in [0.4, 0.5) is 42.4 Å². The van der Waals surface area contributed by atoms with Gasteiger partial charge in [0.15, 0.2) is 5.82 Å². The Hall–Kier alpha value is -7.96. The van der Waals surface area contributed by atoms with Crippen LogP contribution in [0.1, 0.15) is 131 Å². The molecule has 0 saturated carbocycles. The van der Waals surface area contributed by atoms with Crippen molar-refractivity contribution in [1.29, 1.82) is 5.26 Å². The van der Waals surface area contributed by atoms with Crippen LogP contribution < -0.4 is 25.6 Å². The monoisotopic (exact) mass is 1370 g/mol. The normalized spacial score (nSPS) is 19.8. The van der Waals surface area contributed by atoms with Crippen LogP contribution in [0.3, 0.4) is 0 Å². The second kappa shape index (κ2) is 28.6. The second-order valence-electron chi connectivity index (χ2n) is 28.0. The smallest absolute Gasteiger partial charge is 0.412 e. The minimum absolute atomic E-state index is 0.00644. The molecular formula is C69H80ClF5N10O10S. The van der Waals surface area contributed by atoms with Gasteiger partial charge < -0.3 is 44.5 Å². The minimum atomic E-state index is -1.08. The molecule has 0 spiro atoms. The van der Waals surface area contributed by atoms with Crippen molar-refractivity contribution in [3.8, 4) is 34.3 Å². The number of aliphatic hydroxyl groups excluding tert-OH is 1. The number of carbonyl (C=O) groups excluding carboxylic acids is 5. The maximum atomic E-state index is 17.9. The summed E-state index contributed by atoms with van der Waals surface area (Å²) in [5.74, 6) is -6.03. The summed E-state index contributed by atoms with van der Waals surface area (Å²) in [5.41, 5.74) is -2.49. The van der Waals surface area contributed by atoms with E-state index in [1.54, 1.807) is 65.5 Å². The van der Waals surface area contributed by atoms with Crippen molar-refractivity contribution in [1.82, 2.24) is 35.3 Å². The molecule has 4 aliphatic heterocycles. The number of aliphatic hydroxyl groups is 1. The van der Waals surface area contributed by atoms with E-state index in [4.69, 9.17) is 35.5 Å². The Morgan fingerprint density at radius 2 is 1.51 bits per heavy atom. The van der Waals surface area contributed by atoms with E-state index in [1.165, 1.54) is 29.2 Å². The lowest BCUT2D eigenvalue weighted by molar-refractivity contribution is -0.144. The Labute approximate surface area is 562 Å². The van der Waals surface area contributed by atoms with Crippen LogP contribution in [0.25, 0.3) is 43.2 Å². The molecule has 4 fully saturated rings. The van der Waals surface area contributed by atoms with Crippen molar-refractivity contribution in [3.05, 3.63) is 99.8 Å². The van der Waals surface area contributed by atoms with Gasteiger partial charge in [-0.1, -0.05) is 62.7 Å². The van der Waals surface area contributed by atoms with Crippen molar-refractivity contribution in [2.45, 2.75) is 168 Å². The Bertz CT molecular complexity index is 3970. The third-order valence-corrected chi connectivity index (χ3v) is 18.9. The summed E-state index contributed by atoms with van der Waals surface area (Å²) in [4.78, 5) is 85.0. The molecule has 27 heteroatoms. The number of aromatic nitrogens is 2. The average Bonchev–Trinajstić information content (AvgIpc) is 1.33. The highest BCUT2D eigenvalue weighted by atomic mass is 35.5. The number of β-amino-alcohol motifs (C(OH)–C–C–N with tert-alkyl or cyclic N) is 1. The summed E-state index contributed by atoms with van der Waals surface area (Å²) in [6.45, 7) is 19.7. The summed E-state index contributed by atoms with van der Waals surface area (Å²) >= 11 is 7.90. The first-order valence-corrected chi connectivity index (χ1v) is 33.4. The van der Waals surface area contributed by atoms with Crippen LogP contribution in [0.5, 0.6) is 6.01 Å². The average molecular weight is 1370 g/mol. The molecule has 4 N–H and O–H groups in total. The van der Waals surface area contributed by atoms with Crippen LogP contribution in [0.15, 0.2) is 54.6 Å². The van der Waals surface area contributed by atoms with E-state index in [-0.39, 0.29) is 110 Å². The van der Waals surface area contributed by atoms with Gasteiger partial charge in [-0.15, -0.1) is 11.3 Å². The van der Waals surface area contributed by atoms with Crippen molar-refractivity contribution in [3.63, 3.8) is 0 Å². The van der Waals surface area contributed by atoms with Crippen molar-refractivity contribution < 1.29 is 70.0 Å². The van der Waals surface area contributed by atoms with Crippen molar-refractivity contribution >= 4 is 84.7 Å². The molecule has 0 radical (unpaired) electrons. The maximum Gasteiger partial charge on any atom is 0.412 e. The van der Waals surface area contributed by atoms with E-state index >= 15 is 8.78 Å². The zero-order chi connectivity index (χ0) is 69.5. The Morgan fingerprint density at radius 1 is 0.833 bits per heavy atom. The predicted molar refractivity (Wildman–Crippen MR) is 353 cm³/mol. The van der Waals surface area contributed by atoms with E-state index in [0.717, 1.165) is 36.8 Å². The van der Waals surface area contributed by atoms with Gasteiger partial charge in [-0.05, 0) is 121 Å². The number of fused-ring (bicyclic) bond motifs is 4. The van der Waals surface area contributed by atoms with Gasteiger partial charge in [0, 0.05) is 80.1 Å². The maximum absolute atomic E-state index is 17.9. The quantitative estimate of drug-likeness (QED) is 0.0435. The Kier molecular flexibility index (Phi) is 21.1.